The van der Waals surface area contributed by atoms with E-state index in [4.69, 9.17) is 9.47 Å². The Morgan fingerprint density at radius 3 is 1.90 bits per heavy atom. The van der Waals surface area contributed by atoms with Crippen molar-refractivity contribution >= 4 is 6.08 Å². The van der Waals surface area contributed by atoms with Gasteiger partial charge in [0.1, 0.15) is 11.4 Å². The molecule has 0 N–H and O–H groups in total. The lowest BCUT2D eigenvalue weighted by atomic mass is 9.91. The fourth-order valence-electron chi connectivity index (χ4n) is 2.79. The van der Waals surface area contributed by atoms with Gasteiger partial charge >= 0.3 is 0 Å². The summed E-state index contributed by atoms with van der Waals surface area (Å²) in [6.07, 6.45) is 11.5. The number of benzene rings is 1. The third kappa shape index (κ3) is 18.5. The molecule has 0 heterocycles. The van der Waals surface area contributed by atoms with Crippen LogP contribution in [-0.2, 0) is 4.74 Å². The molecular weight excluding hydrogens is 356 g/mol. The first-order valence-corrected chi connectivity index (χ1v) is 11.9. The van der Waals surface area contributed by atoms with Crippen LogP contribution in [0.4, 0.5) is 0 Å². The van der Waals surface area contributed by atoms with Crippen LogP contribution in [0.2, 0.25) is 0 Å². The highest BCUT2D eigenvalue weighted by Gasteiger charge is 2.19. The van der Waals surface area contributed by atoms with Gasteiger partial charge in [-0.25, -0.2) is 0 Å². The summed E-state index contributed by atoms with van der Waals surface area (Å²) in [5.74, 6) is 1.90. The van der Waals surface area contributed by atoms with Crippen LogP contribution in [0, 0.1) is 5.92 Å². The van der Waals surface area contributed by atoms with Gasteiger partial charge in [-0.1, -0.05) is 105 Å². The van der Waals surface area contributed by atoms with Gasteiger partial charge in [0.2, 0.25) is 0 Å². The van der Waals surface area contributed by atoms with E-state index in [1.54, 1.807) is 0 Å². The predicted octanol–water partition coefficient (Wildman–Crippen LogP) is 8.94. The fraction of sp³-hybridized carbons (Fsp3) is 0.704. The molecule has 1 aromatic carbocycles. The second kappa shape index (κ2) is 20.0. The molecule has 1 saturated carbocycles. The number of rotatable bonds is 7. The zero-order chi connectivity index (χ0) is 22.5. The van der Waals surface area contributed by atoms with Gasteiger partial charge in [-0.2, -0.15) is 0 Å². The minimum Gasteiger partial charge on any atom is -0.485 e. The number of hydrogen-bond acceptors (Lipinski definition) is 2. The van der Waals surface area contributed by atoms with Crippen LogP contribution in [0.15, 0.2) is 30.8 Å². The molecule has 0 amide bonds. The summed E-state index contributed by atoms with van der Waals surface area (Å²) in [7, 11) is 0. The maximum absolute atomic E-state index is 5.89. The Kier molecular flexibility index (Phi) is 20.6. The monoisotopic (exact) mass is 406 g/mol. The zero-order valence-corrected chi connectivity index (χ0v) is 20.9. The highest BCUT2D eigenvalue weighted by atomic mass is 16.5. The summed E-state index contributed by atoms with van der Waals surface area (Å²) in [6.45, 7) is 21.9. The SMILES string of the molecule is C=Cc1ccc(OC(C)(C)COCCC)cc1.CC.CC1CCCCC1.CCC. The molecule has 0 saturated heterocycles. The molecule has 0 atom stereocenters. The Morgan fingerprint density at radius 2 is 1.52 bits per heavy atom. The van der Waals surface area contributed by atoms with Crippen LogP contribution in [0.5, 0.6) is 5.75 Å². The molecule has 0 unspecified atom stereocenters. The summed E-state index contributed by atoms with van der Waals surface area (Å²) in [5.41, 5.74) is 0.794. The average molecular weight is 407 g/mol. The molecule has 29 heavy (non-hydrogen) atoms. The van der Waals surface area contributed by atoms with Crippen molar-refractivity contribution in [2.24, 2.45) is 5.92 Å². The largest absolute Gasteiger partial charge is 0.485 e. The lowest BCUT2D eigenvalue weighted by Gasteiger charge is -2.26. The van der Waals surface area contributed by atoms with Crippen LogP contribution < -0.4 is 4.74 Å². The van der Waals surface area contributed by atoms with Crippen LogP contribution in [0.1, 0.15) is 106 Å². The normalized spacial score (nSPS) is 13.5. The van der Waals surface area contributed by atoms with Gasteiger partial charge in [0, 0.05) is 6.61 Å². The topological polar surface area (TPSA) is 18.5 Å². The molecule has 2 heteroatoms. The Balaban J connectivity index is 0. The molecule has 170 valence electrons. The van der Waals surface area contributed by atoms with E-state index in [-0.39, 0.29) is 5.60 Å². The minimum atomic E-state index is -0.301. The standard InChI is InChI=1S/C15H22O2.C7H14.C3H8.C2H6/c1-5-11-16-12-15(3,4)17-14-9-7-13(6-2)8-10-14;1-7-5-3-2-4-6-7;1-3-2;1-2/h6-10H,2,5,11-12H2,1,3-4H3;7H,2-6H2,1H3;3H2,1-2H3;1-2H3. The lowest BCUT2D eigenvalue weighted by Crippen LogP contribution is -2.34. The first-order valence-electron chi connectivity index (χ1n) is 11.9. The van der Waals surface area contributed by atoms with Crippen molar-refractivity contribution in [3.8, 4) is 5.75 Å². The molecule has 1 fully saturated rings. The van der Waals surface area contributed by atoms with E-state index < -0.39 is 0 Å². The third-order valence-electron chi connectivity index (χ3n) is 4.20. The minimum absolute atomic E-state index is 0.301. The molecule has 0 aliphatic heterocycles. The molecule has 1 aromatic rings. The van der Waals surface area contributed by atoms with Gasteiger partial charge in [0.15, 0.2) is 0 Å². The first-order chi connectivity index (χ1) is 13.9. The van der Waals surface area contributed by atoms with Gasteiger partial charge in [-0.15, -0.1) is 0 Å². The van der Waals surface area contributed by atoms with Gasteiger partial charge in [0.25, 0.3) is 0 Å². The van der Waals surface area contributed by atoms with E-state index in [9.17, 15) is 0 Å². The van der Waals surface area contributed by atoms with E-state index in [2.05, 4.69) is 34.3 Å². The zero-order valence-electron chi connectivity index (χ0n) is 20.9. The smallest absolute Gasteiger partial charge is 0.127 e. The number of hydrogen-bond donors (Lipinski definition) is 0. The third-order valence-corrected chi connectivity index (χ3v) is 4.20. The number of ether oxygens (including phenoxy) is 2. The maximum Gasteiger partial charge on any atom is 0.127 e. The van der Waals surface area contributed by atoms with Crippen molar-refractivity contribution in [3.05, 3.63) is 36.4 Å². The molecular formula is C27H50O2. The van der Waals surface area contributed by atoms with Crippen molar-refractivity contribution < 1.29 is 9.47 Å². The molecule has 0 aromatic heterocycles. The molecule has 0 spiro atoms. The molecule has 1 aliphatic carbocycles. The van der Waals surface area contributed by atoms with Crippen molar-refractivity contribution in [1.82, 2.24) is 0 Å². The fourth-order valence-corrected chi connectivity index (χ4v) is 2.79. The molecule has 0 bridgehead atoms. The Bertz CT molecular complexity index is 456. The lowest BCUT2D eigenvalue weighted by molar-refractivity contribution is -0.00300. The summed E-state index contributed by atoms with van der Waals surface area (Å²) < 4.78 is 11.4. The van der Waals surface area contributed by atoms with Gasteiger partial charge < -0.3 is 9.47 Å². The van der Waals surface area contributed by atoms with E-state index in [1.807, 2.05) is 58.0 Å². The summed E-state index contributed by atoms with van der Waals surface area (Å²) in [6, 6.07) is 7.90. The Hall–Kier alpha value is -1.28. The Labute approximate surface area is 183 Å². The highest BCUT2D eigenvalue weighted by molar-refractivity contribution is 5.48. The predicted molar refractivity (Wildman–Crippen MR) is 132 cm³/mol. The summed E-state index contributed by atoms with van der Waals surface area (Å²) >= 11 is 0. The van der Waals surface area contributed by atoms with Crippen molar-refractivity contribution in [3.63, 3.8) is 0 Å². The quantitative estimate of drug-likeness (QED) is 0.421. The van der Waals surface area contributed by atoms with Gasteiger partial charge in [-0.05, 0) is 43.9 Å². The molecule has 1 aliphatic rings. The second-order valence-corrected chi connectivity index (χ2v) is 8.14. The van der Waals surface area contributed by atoms with Gasteiger partial charge in [-0.3, -0.25) is 0 Å². The highest BCUT2D eigenvalue weighted by Crippen LogP contribution is 2.22. The maximum atomic E-state index is 5.89. The van der Waals surface area contributed by atoms with E-state index in [0.717, 1.165) is 30.3 Å². The summed E-state index contributed by atoms with van der Waals surface area (Å²) in [5, 5.41) is 0. The van der Waals surface area contributed by atoms with Gasteiger partial charge in [0.05, 0.1) is 6.61 Å². The first kappa shape index (κ1) is 29.9. The van der Waals surface area contributed by atoms with Crippen LogP contribution in [0.25, 0.3) is 6.08 Å². The molecule has 0 radical (unpaired) electrons. The van der Waals surface area contributed by atoms with Crippen molar-refractivity contribution in [1.29, 1.82) is 0 Å². The molecule has 2 nitrogen and oxygen atoms in total. The van der Waals surface area contributed by atoms with Crippen molar-refractivity contribution in [2.75, 3.05) is 13.2 Å². The van der Waals surface area contributed by atoms with Crippen LogP contribution in [-0.4, -0.2) is 18.8 Å². The van der Waals surface area contributed by atoms with Crippen molar-refractivity contribution in [2.45, 2.75) is 106 Å². The van der Waals surface area contributed by atoms with Crippen LogP contribution >= 0.6 is 0 Å². The van der Waals surface area contributed by atoms with E-state index in [1.165, 1.54) is 38.5 Å². The molecule has 2 rings (SSSR count). The van der Waals surface area contributed by atoms with Crippen LogP contribution in [0.3, 0.4) is 0 Å². The average Bonchev–Trinajstić information content (AvgIpc) is 2.72. The summed E-state index contributed by atoms with van der Waals surface area (Å²) in [4.78, 5) is 0. The van der Waals surface area contributed by atoms with E-state index >= 15 is 0 Å². The van der Waals surface area contributed by atoms with E-state index in [0.29, 0.717) is 6.61 Å². The Morgan fingerprint density at radius 1 is 1.00 bits per heavy atom. The second-order valence-electron chi connectivity index (χ2n) is 8.14.